The minimum atomic E-state index is -0.0183. The van der Waals surface area contributed by atoms with Gasteiger partial charge in [-0.15, -0.1) is 11.3 Å². The van der Waals surface area contributed by atoms with Gasteiger partial charge in [0.1, 0.15) is 11.9 Å². The van der Waals surface area contributed by atoms with E-state index < -0.39 is 0 Å². The molecule has 1 unspecified atom stereocenters. The molecule has 1 fully saturated rings. The maximum Gasteiger partial charge on any atom is 0.227 e. The van der Waals surface area contributed by atoms with Crippen molar-refractivity contribution in [1.29, 1.82) is 0 Å². The average molecular weight is 464 g/mol. The smallest absolute Gasteiger partial charge is 0.227 e. The zero-order chi connectivity index (χ0) is 22.9. The van der Waals surface area contributed by atoms with E-state index in [0.717, 1.165) is 57.0 Å². The first kappa shape index (κ1) is 23.5. The number of piperazine rings is 1. The van der Waals surface area contributed by atoms with Crippen LogP contribution in [0, 0.1) is 0 Å². The van der Waals surface area contributed by atoms with Gasteiger partial charge in [-0.3, -0.25) is 9.69 Å². The van der Waals surface area contributed by atoms with Gasteiger partial charge in [-0.2, -0.15) is 0 Å². The fourth-order valence-corrected chi connectivity index (χ4v) is 4.99. The Morgan fingerprint density at radius 2 is 1.76 bits per heavy atom. The van der Waals surface area contributed by atoms with E-state index in [2.05, 4.69) is 52.0 Å². The van der Waals surface area contributed by atoms with E-state index in [1.807, 2.05) is 42.3 Å². The molecule has 5 nitrogen and oxygen atoms in total. The Kier molecular flexibility index (Phi) is 8.53. The van der Waals surface area contributed by atoms with Gasteiger partial charge in [-0.25, -0.2) is 0 Å². The van der Waals surface area contributed by atoms with Gasteiger partial charge in [0.05, 0.1) is 6.42 Å². The van der Waals surface area contributed by atoms with Crippen molar-refractivity contribution in [1.82, 2.24) is 15.1 Å². The fraction of sp³-hybridized carbons (Fsp3) is 0.370. The lowest BCUT2D eigenvalue weighted by Gasteiger charge is -2.35. The number of carbonyl (C=O) groups is 1. The topological polar surface area (TPSA) is 44.8 Å². The van der Waals surface area contributed by atoms with Crippen LogP contribution in [0.4, 0.5) is 0 Å². The zero-order valence-electron chi connectivity index (χ0n) is 19.3. The van der Waals surface area contributed by atoms with Gasteiger partial charge in [0.25, 0.3) is 0 Å². The molecule has 2 heterocycles. The molecule has 1 atom stereocenters. The monoisotopic (exact) mass is 463 g/mol. The normalized spacial score (nSPS) is 15.4. The van der Waals surface area contributed by atoms with Gasteiger partial charge in [-0.05, 0) is 36.7 Å². The highest BCUT2D eigenvalue weighted by Gasteiger charge is 2.23. The molecule has 1 amide bonds. The number of rotatable bonds is 10. The molecular formula is C27H33N3O2S. The summed E-state index contributed by atoms with van der Waals surface area (Å²) in [6.45, 7) is 5.17. The third-order valence-corrected chi connectivity index (χ3v) is 7.04. The Hall–Kier alpha value is -2.67. The predicted molar refractivity (Wildman–Crippen MR) is 135 cm³/mol. The van der Waals surface area contributed by atoms with Gasteiger partial charge in [0.15, 0.2) is 0 Å². The first-order chi connectivity index (χ1) is 16.2. The Labute approximate surface area is 201 Å². The predicted octanol–water partition coefficient (Wildman–Crippen LogP) is 4.36. The van der Waals surface area contributed by atoms with E-state index in [0.29, 0.717) is 6.42 Å². The third kappa shape index (κ3) is 6.67. The van der Waals surface area contributed by atoms with Gasteiger partial charge >= 0.3 is 0 Å². The van der Waals surface area contributed by atoms with Crippen LogP contribution in [0.25, 0.3) is 0 Å². The number of hydrogen-bond acceptors (Lipinski definition) is 5. The Morgan fingerprint density at radius 1 is 1.00 bits per heavy atom. The van der Waals surface area contributed by atoms with Crippen molar-refractivity contribution in [2.24, 2.45) is 0 Å². The second kappa shape index (κ2) is 12.0. The lowest BCUT2D eigenvalue weighted by molar-refractivity contribution is -0.132. The third-order valence-electron chi connectivity index (χ3n) is 6.07. The number of benzene rings is 2. The summed E-state index contributed by atoms with van der Waals surface area (Å²) in [4.78, 5) is 18.7. The van der Waals surface area contributed by atoms with Crippen LogP contribution in [-0.2, 0) is 17.8 Å². The summed E-state index contributed by atoms with van der Waals surface area (Å²) in [6.07, 6.45) is 1.23. The van der Waals surface area contributed by atoms with Crippen LogP contribution in [0.5, 0.6) is 5.75 Å². The van der Waals surface area contributed by atoms with Crippen molar-refractivity contribution >= 4 is 17.2 Å². The zero-order valence-corrected chi connectivity index (χ0v) is 20.1. The standard InChI is InChI=1S/C27H33N3O2S/c1-28-14-13-25(26-12-7-19-33-26)32-24-11-6-5-10-23(24)20-27(31)30-17-15-29(16-18-30)21-22-8-3-2-4-9-22/h2-12,19,25,28H,13-18,20-21H2,1H3. The van der Waals surface area contributed by atoms with Crippen molar-refractivity contribution in [2.45, 2.75) is 25.5 Å². The molecule has 174 valence electrons. The molecule has 1 saturated heterocycles. The molecule has 3 aromatic rings. The van der Waals surface area contributed by atoms with Crippen LogP contribution in [0.3, 0.4) is 0 Å². The van der Waals surface area contributed by atoms with Gasteiger partial charge in [-0.1, -0.05) is 54.6 Å². The summed E-state index contributed by atoms with van der Waals surface area (Å²) in [5.41, 5.74) is 2.28. The number of nitrogens with one attached hydrogen (secondary N) is 1. The molecule has 1 aliphatic heterocycles. The first-order valence-corrected chi connectivity index (χ1v) is 12.6. The van der Waals surface area contributed by atoms with Gasteiger partial charge < -0.3 is 15.0 Å². The quantitative estimate of drug-likeness (QED) is 0.485. The molecule has 2 aromatic carbocycles. The summed E-state index contributed by atoms with van der Waals surface area (Å²) < 4.78 is 6.46. The van der Waals surface area contributed by atoms with E-state index in [9.17, 15) is 4.79 Å². The minimum absolute atomic E-state index is 0.0183. The highest BCUT2D eigenvalue weighted by atomic mass is 32.1. The molecule has 1 N–H and O–H groups in total. The number of ether oxygens (including phenoxy) is 1. The lowest BCUT2D eigenvalue weighted by Crippen LogP contribution is -2.48. The fourth-order valence-electron chi connectivity index (χ4n) is 4.20. The average Bonchev–Trinajstić information content (AvgIpc) is 3.39. The number of nitrogens with zero attached hydrogens (tertiary/aromatic N) is 2. The minimum Gasteiger partial charge on any atom is -0.485 e. The SMILES string of the molecule is CNCCC(Oc1ccccc1CC(=O)N1CCN(Cc2ccccc2)CC1)c1cccs1. The van der Waals surface area contributed by atoms with Crippen molar-refractivity contribution in [3.8, 4) is 5.75 Å². The van der Waals surface area contributed by atoms with E-state index >= 15 is 0 Å². The number of amides is 1. The molecule has 4 rings (SSSR count). The van der Waals surface area contributed by atoms with E-state index in [1.165, 1.54) is 10.4 Å². The van der Waals surface area contributed by atoms with E-state index in [1.54, 1.807) is 11.3 Å². The number of thiophene rings is 1. The van der Waals surface area contributed by atoms with Crippen LogP contribution >= 0.6 is 11.3 Å². The van der Waals surface area contributed by atoms with Crippen LogP contribution in [0.2, 0.25) is 0 Å². The van der Waals surface area contributed by atoms with Crippen LogP contribution in [0.1, 0.15) is 28.5 Å². The second-order valence-corrected chi connectivity index (χ2v) is 9.42. The highest BCUT2D eigenvalue weighted by Crippen LogP contribution is 2.30. The summed E-state index contributed by atoms with van der Waals surface area (Å²) in [5.74, 6) is 0.983. The van der Waals surface area contributed by atoms with Crippen molar-refractivity contribution in [3.05, 3.63) is 88.1 Å². The number of hydrogen-bond donors (Lipinski definition) is 1. The second-order valence-electron chi connectivity index (χ2n) is 8.44. The lowest BCUT2D eigenvalue weighted by atomic mass is 10.1. The van der Waals surface area contributed by atoms with Gasteiger partial charge in [0.2, 0.25) is 5.91 Å². The van der Waals surface area contributed by atoms with Crippen molar-refractivity contribution < 1.29 is 9.53 Å². The van der Waals surface area contributed by atoms with Crippen LogP contribution < -0.4 is 10.1 Å². The molecular weight excluding hydrogens is 430 g/mol. The summed E-state index contributed by atoms with van der Waals surface area (Å²) in [5, 5.41) is 5.30. The molecule has 0 radical (unpaired) electrons. The maximum absolute atomic E-state index is 13.1. The molecule has 0 aliphatic carbocycles. The van der Waals surface area contributed by atoms with Crippen LogP contribution in [0.15, 0.2) is 72.1 Å². The summed E-state index contributed by atoms with van der Waals surface area (Å²) >= 11 is 1.71. The molecule has 0 spiro atoms. The molecule has 1 aromatic heterocycles. The highest BCUT2D eigenvalue weighted by molar-refractivity contribution is 7.10. The van der Waals surface area contributed by atoms with Crippen molar-refractivity contribution in [2.75, 3.05) is 39.8 Å². The Bertz CT molecular complexity index is 986. The Morgan fingerprint density at radius 3 is 2.48 bits per heavy atom. The molecule has 6 heteroatoms. The summed E-state index contributed by atoms with van der Waals surface area (Å²) in [6, 6.07) is 22.7. The van der Waals surface area contributed by atoms with Crippen LogP contribution in [-0.4, -0.2) is 55.5 Å². The molecule has 33 heavy (non-hydrogen) atoms. The first-order valence-electron chi connectivity index (χ1n) is 11.7. The summed E-state index contributed by atoms with van der Waals surface area (Å²) in [7, 11) is 1.96. The maximum atomic E-state index is 13.1. The van der Waals surface area contributed by atoms with E-state index in [4.69, 9.17) is 4.74 Å². The van der Waals surface area contributed by atoms with Gasteiger partial charge in [0, 0.05) is 49.6 Å². The molecule has 1 aliphatic rings. The molecule has 0 bridgehead atoms. The largest absolute Gasteiger partial charge is 0.485 e. The molecule has 0 saturated carbocycles. The Balaban J connectivity index is 1.35. The van der Waals surface area contributed by atoms with E-state index in [-0.39, 0.29) is 12.0 Å². The number of carbonyl (C=O) groups excluding carboxylic acids is 1. The van der Waals surface area contributed by atoms with Crippen molar-refractivity contribution in [3.63, 3.8) is 0 Å². The number of para-hydroxylation sites is 1.